The maximum atomic E-state index is 13.0. The molecule has 2 aliphatic rings. The molecule has 1 N–H and O–H groups in total. The van der Waals surface area contributed by atoms with Gasteiger partial charge in [0.1, 0.15) is 0 Å². The normalized spacial score (nSPS) is 18.9. The third kappa shape index (κ3) is 3.02. The van der Waals surface area contributed by atoms with E-state index in [9.17, 15) is 14.4 Å². The lowest BCUT2D eigenvalue weighted by Gasteiger charge is -2.16. The lowest BCUT2D eigenvalue weighted by Crippen LogP contribution is -2.33. The van der Waals surface area contributed by atoms with Crippen LogP contribution in [0.4, 0.5) is 16.2 Å². The van der Waals surface area contributed by atoms with Crippen LogP contribution in [-0.4, -0.2) is 35.7 Å². The number of halogens is 1. The van der Waals surface area contributed by atoms with Crippen LogP contribution in [0.15, 0.2) is 51.8 Å². The Morgan fingerprint density at radius 2 is 1.82 bits per heavy atom. The van der Waals surface area contributed by atoms with Crippen molar-refractivity contribution in [2.24, 2.45) is 0 Å². The van der Waals surface area contributed by atoms with Crippen molar-refractivity contribution in [1.29, 1.82) is 0 Å². The van der Waals surface area contributed by atoms with Crippen LogP contribution in [0, 0.1) is 6.92 Å². The summed E-state index contributed by atoms with van der Waals surface area (Å²) in [6.07, 6.45) is 0. The number of fused-ring (bicyclic) bond motifs is 1. The van der Waals surface area contributed by atoms with Gasteiger partial charge in [-0.15, -0.1) is 0 Å². The summed E-state index contributed by atoms with van der Waals surface area (Å²) in [5, 5.41) is 2.72. The highest BCUT2D eigenvalue weighted by atomic mass is 79.9. The molecule has 0 unspecified atom stereocenters. The molecule has 2 heterocycles. The molecular formula is C20H16BrN3O3S. The summed E-state index contributed by atoms with van der Waals surface area (Å²) in [6, 6.07) is 13.1. The van der Waals surface area contributed by atoms with Crippen LogP contribution in [0.1, 0.15) is 11.1 Å². The highest BCUT2D eigenvalue weighted by molar-refractivity contribution is 9.10. The highest BCUT2D eigenvalue weighted by Crippen LogP contribution is 2.44. The number of imide groups is 1. The predicted molar refractivity (Wildman–Crippen MR) is 114 cm³/mol. The predicted octanol–water partition coefficient (Wildman–Crippen LogP) is 4.21. The van der Waals surface area contributed by atoms with E-state index in [1.807, 2.05) is 43.3 Å². The summed E-state index contributed by atoms with van der Waals surface area (Å²) in [7, 11) is 1.66. The number of rotatable bonds is 3. The van der Waals surface area contributed by atoms with Crippen molar-refractivity contribution in [3.8, 4) is 0 Å². The standard InChI is InChI=1S/C20H16BrN3O3S/c1-11-5-3-4-6-14(11)22-10-24-19(26)17(28-20(24)27)16-13-9-12(21)7-8-15(13)23(2)18(16)25/h3-9,22H,10H2,1-2H3. The number of carbonyl (C=O) groups is 3. The van der Waals surface area contributed by atoms with Gasteiger partial charge in [0, 0.05) is 22.8 Å². The van der Waals surface area contributed by atoms with Gasteiger partial charge < -0.3 is 10.2 Å². The summed E-state index contributed by atoms with van der Waals surface area (Å²) < 4.78 is 0.798. The number of amides is 3. The van der Waals surface area contributed by atoms with E-state index in [1.165, 1.54) is 4.90 Å². The number of hydrogen-bond donors (Lipinski definition) is 1. The number of thioether (sulfide) groups is 1. The van der Waals surface area contributed by atoms with Crippen LogP contribution in [0.2, 0.25) is 0 Å². The first-order valence-electron chi connectivity index (χ1n) is 8.54. The molecule has 3 amide bonds. The molecule has 0 spiro atoms. The van der Waals surface area contributed by atoms with Gasteiger partial charge in [-0.25, -0.2) is 0 Å². The van der Waals surface area contributed by atoms with E-state index in [1.54, 1.807) is 13.1 Å². The molecular weight excluding hydrogens is 442 g/mol. The van der Waals surface area contributed by atoms with E-state index in [4.69, 9.17) is 0 Å². The average molecular weight is 458 g/mol. The third-order valence-electron chi connectivity index (χ3n) is 4.76. The largest absolute Gasteiger partial charge is 0.367 e. The molecule has 0 atom stereocenters. The van der Waals surface area contributed by atoms with E-state index < -0.39 is 11.1 Å². The number of nitrogens with zero attached hydrogens (tertiary/aromatic N) is 2. The summed E-state index contributed by atoms with van der Waals surface area (Å²) in [5.74, 6) is -0.744. The molecule has 4 rings (SSSR count). The summed E-state index contributed by atoms with van der Waals surface area (Å²) >= 11 is 4.21. The Hall–Kier alpha value is -2.58. The van der Waals surface area contributed by atoms with Gasteiger partial charge in [0.2, 0.25) is 0 Å². The van der Waals surface area contributed by atoms with E-state index in [0.29, 0.717) is 11.3 Å². The van der Waals surface area contributed by atoms with Crippen molar-refractivity contribution >= 4 is 61.7 Å². The van der Waals surface area contributed by atoms with Crippen LogP contribution >= 0.6 is 27.7 Å². The highest BCUT2D eigenvalue weighted by Gasteiger charge is 2.42. The van der Waals surface area contributed by atoms with Gasteiger partial charge in [-0.2, -0.15) is 0 Å². The summed E-state index contributed by atoms with van der Waals surface area (Å²) in [6.45, 7) is 1.99. The van der Waals surface area contributed by atoms with E-state index in [-0.39, 0.29) is 23.1 Å². The van der Waals surface area contributed by atoms with Crippen molar-refractivity contribution in [3.63, 3.8) is 0 Å². The molecule has 6 nitrogen and oxygen atoms in total. The quantitative estimate of drug-likeness (QED) is 0.698. The van der Waals surface area contributed by atoms with Crippen LogP contribution < -0.4 is 10.2 Å². The molecule has 28 heavy (non-hydrogen) atoms. The number of para-hydroxylation sites is 1. The van der Waals surface area contributed by atoms with E-state index >= 15 is 0 Å². The van der Waals surface area contributed by atoms with E-state index in [2.05, 4.69) is 21.2 Å². The summed E-state index contributed by atoms with van der Waals surface area (Å²) in [4.78, 5) is 41.0. The van der Waals surface area contributed by atoms with Crippen molar-refractivity contribution in [1.82, 2.24) is 4.90 Å². The Morgan fingerprint density at radius 1 is 1.07 bits per heavy atom. The molecule has 0 saturated carbocycles. The topological polar surface area (TPSA) is 69.7 Å². The van der Waals surface area contributed by atoms with Gasteiger partial charge in [0.05, 0.1) is 22.8 Å². The zero-order chi connectivity index (χ0) is 20.0. The van der Waals surface area contributed by atoms with Gasteiger partial charge in [-0.05, 0) is 48.5 Å². The number of hydrogen-bond acceptors (Lipinski definition) is 5. The number of nitrogens with one attached hydrogen (secondary N) is 1. The Balaban J connectivity index is 1.67. The van der Waals surface area contributed by atoms with Crippen LogP contribution in [0.3, 0.4) is 0 Å². The fraction of sp³-hybridized carbons (Fsp3) is 0.150. The van der Waals surface area contributed by atoms with Crippen molar-refractivity contribution in [2.75, 3.05) is 23.9 Å². The molecule has 142 valence electrons. The van der Waals surface area contributed by atoms with Crippen molar-refractivity contribution < 1.29 is 14.4 Å². The summed E-state index contributed by atoms with van der Waals surface area (Å²) in [5.41, 5.74) is 3.51. The molecule has 2 aromatic carbocycles. The van der Waals surface area contributed by atoms with Gasteiger partial charge in [-0.3, -0.25) is 19.3 Å². The Labute approximate surface area is 174 Å². The van der Waals surface area contributed by atoms with Crippen LogP contribution in [-0.2, 0) is 9.59 Å². The first kappa shape index (κ1) is 18.8. The number of aryl methyl sites for hydroxylation is 1. The SMILES string of the molecule is Cc1ccccc1NCN1C(=O)SC(=C2C(=O)N(C)c3ccc(Br)cc32)C1=O. The number of anilines is 2. The molecule has 0 bridgehead atoms. The molecule has 2 aromatic rings. The zero-order valence-corrected chi connectivity index (χ0v) is 17.6. The third-order valence-corrected chi connectivity index (χ3v) is 6.23. The fourth-order valence-corrected chi connectivity index (χ4v) is 4.52. The minimum atomic E-state index is -0.458. The van der Waals surface area contributed by atoms with Gasteiger partial charge >= 0.3 is 0 Å². The molecule has 8 heteroatoms. The second kappa shape index (κ2) is 7.10. The molecule has 1 saturated heterocycles. The average Bonchev–Trinajstić information content (AvgIpc) is 3.07. The minimum absolute atomic E-state index is 0.0433. The second-order valence-corrected chi connectivity index (χ2v) is 8.36. The van der Waals surface area contributed by atoms with Gasteiger partial charge in [0.15, 0.2) is 0 Å². The Kier molecular flexibility index (Phi) is 4.76. The molecule has 1 fully saturated rings. The van der Waals surface area contributed by atoms with Crippen molar-refractivity contribution in [2.45, 2.75) is 6.92 Å². The first-order chi connectivity index (χ1) is 13.4. The zero-order valence-electron chi connectivity index (χ0n) is 15.2. The first-order valence-corrected chi connectivity index (χ1v) is 10.1. The van der Waals surface area contributed by atoms with Gasteiger partial charge in [-0.1, -0.05) is 34.1 Å². The molecule has 0 aliphatic carbocycles. The smallest absolute Gasteiger partial charge is 0.295 e. The van der Waals surface area contributed by atoms with Crippen molar-refractivity contribution in [3.05, 3.63) is 63.0 Å². The minimum Gasteiger partial charge on any atom is -0.367 e. The maximum absolute atomic E-state index is 13.0. The molecule has 0 radical (unpaired) electrons. The second-order valence-electron chi connectivity index (χ2n) is 6.48. The Morgan fingerprint density at radius 3 is 2.57 bits per heavy atom. The lowest BCUT2D eigenvalue weighted by molar-refractivity contribution is -0.122. The van der Waals surface area contributed by atoms with E-state index in [0.717, 1.165) is 32.4 Å². The molecule has 2 aliphatic heterocycles. The number of carbonyl (C=O) groups excluding carboxylic acids is 3. The molecule has 0 aromatic heterocycles. The Bertz CT molecular complexity index is 1070. The number of likely N-dealkylation sites (N-methyl/N-ethyl adjacent to an activating group) is 1. The maximum Gasteiger partial charge on any atom is 0.295 e. The number of benzene rings is 2. The fourth-order valence-electron chi connectivity index (χ4n) is 3.23. The van der Waals surface area contributed by atoms with Crippen LogP contribution in [0.25, 0.3) is 5.57 Å². The lowest BCUT2D eigenvalue weighted by atomic mass is 10.1. The monoisotopic (exact) mass is 457 g/mol. The van der Waals surface area contributed by atoms with Gasteiger partial charge in [0.25, 0.3) is 17.1 Å². The van der Waals surface area contributed by atoms with Crippen LogP contribution in [0.5, 0.6) is 0 Å².